The number of fused-ring (bicyclic) bond motifs is 1. The van der Waals surface area contributed by atoms with Crippen LogP contribution in [0.5, 0.6) is 0 Å². The van der Waals surface area contributed by atoms with Gasteiger partial charge in [0, 0.05) is 11.1 Å². The van der Waals surface area contributed by atoms with Gasteiger partial charge in [-0.2, -0.15) is 4.31 Å². The van der Waals surface area contributed by atoms with E-state index in [2.05, 4.69) is 0 Å². The largest absolute Gasteiger partial charge is 0.468 e. The summed E-state index contributed by atoms with van der Waals surface area (Å²) >= 11 is 5.85. The standard InChI is InChI=1S/C16H20ClNO4S/c1-22-16(19)15-10-11-4-2-3-5-14(11)18(15)23(20,21)13-8-6-12(17)7-9-13/h6-9,11,14-15H,2-5,10H2,1H3. The van der Waals surface area contributed by atoms with Gasteiger partial charge in [-0.15, -0.1) is 0 Å². The molecule has 0 N–H and O–H groups in total. The third kappa shape index (κ3) is 2.99. The Morgan fingerprint density at radius 2 is 1.87 bits per heavy atom. The highest BCUT2D eigenvalue weighted by atomic mass is 35.5. The van der Waals surface area contributed by atoms with Crippen LogP contribution in [0.2, 0.25) is 5.02 Å². The second kappa shape index (κ2) is 6.42. The molecule has 1 saturated carbocycles. The van der Waals surface area contributed by atoms with Gasteiger partial charge in [0.25, 0.3) is 0 Å². The molecule has 3 rings (SSSR count). The van der Waals surface area contributed by atoms with Crippen LogP contribution in [0.4, 0.5) is 0 Å². The summed E-state index contributed by atoms with van der Waals surface area (Å²) in [5.41, 5.74) is 0. The smallest absolute Gasteiger partial charge is 0.324 e. The Kier molecular flexibility index (Phi) is 4.67. The van der Waals surface area contributed by atoms with E-state index in [-0.39, 0.29) is 16.9 Å². The zero-order chi connectivity index (χ0) is 16.6. The second-order valence-electron chi connectivity index (χ2n) is 6.18. The number of ether oxygens (including phenoxy) is 1. The first-order valence-corrected chi connectivity index (χ1v) is 9.64. The van der Waals surface area contributed by atoms with Crippen molar-refractivity contribution in [3.05, 3.63) is 29.3 Å². The van der Waals surface area contributed by atoms with Gasteiger partial charge in [-0.05, 0) is 49.4 Å². The number of benzene rings is 1. The molecular formula is C16H20ClNO4S. The Balaban J connectivity index is 2.01. The van der Waals surface area contributed by atoms with Crippen LogP contribution < -0.4 is 0 Å². The number of rotatable bonds is 3. The van der Waals surface area contributed by atoms with Crippen LogP contribution in [0.3, 0.4) is 0 Å². The van der Waals surface area contributed by atoms with Gasteiger partial charge in [0.1, 0.15) is 6.04 Å². The molecule has 1 aromatic rings. The minimum atomic E-state index is -3.76. The fourth-order valence-corrected chi connectivity index (χ4v) is 5.82. The van der Waals surface area contributed by atoms with Crippen LogP contribution in [0.1, 0.15) is 32.1 Å². The van der Waals surface area contributed by atoms with Gasteiger partial charge in [-0.3, -0.25) is 4.79 Å². The van der Waals surface area contributed by atoms with E-state index in [0.717, 1.165) is 25.7 Å². The van der Waals surface area contributed by atoms with E-state index >= 15 is 0 Å². The molecule has 1 heterocycles. The summed E-state index contributed by atoms with van der Waals surface area (Å²) in [6, 6.07) is 5.23. The van der Waals surface area contributed by atoms with Crippen molar-refractivity contribution in [2.45, 2.75) is 49.1 Å². The van der Waals surface area contributed by atoms with Gasteiger partial charge in [0.05, 0.1) is 12.0 Å². The molecule has 7 heteroatoms. The molecule has 3 unspecified atom stereocenters. The number of sulfonamides is 1. The molecule has 0 bridgehead atoms. The predicted octanol–water partition coefficient (Wildman–Crippen LogP) is 2.83. The minimum Gasteiger partial charge on any atom is -0.468 e. The molecule has 1 saturated heterocycles. The highest BCUT2D eigenvalue weighted by Gasteiger charge is 2.51. The van der Waals surface area contributed by atoms with Crippen molar-refractivity contribution < 1.29 is 17.9 Å². The number of halogens is 1. The number of methoxy groups -OCH3 is 1. The van der Waals surface area contributed by atoms with Crippen molar-refractivity contribution >= 4 is 27.6 Å². The lowest BCUT2D eigenvalue weighted by atomic mass is 9.85. The first kappa shape index (κ1) is 16.7. The zero-order valence-electron chi connectivity index (χ0n) is 12.9. The van der Waals surface area contributed by atoms with Crippen LogP contribution in [0.25, 0.3) is 0 Å². The molecule has 1 aliphatic heterocycles. The Morgan fingerprint density at radius 1 is 1.22 bits per heavy atom. The third-order valence-electron chi connectivity index (χ3n) is 4.89. The summed E-state index contributed by atoms with van der Waals surface area (Å²) in [6.45, 7) is 0. The highest BCUT2D eigenvalue weighted by Crippen LogP contribution is 2.43. The van der Waals surface area contributed by atoms with Gasteiger partial charge in [0.2, 0.25) is 10.0 Å². The summed E-state index contributed by atoms with van der Waals surface area (Å²) in [5.74, 6) is -0.244. The van der Waals surface area contributed by atoms with Gasteiger partial charge in [-0.1, -0.05) is 24.4 Å². The van der Waals surface area contributed by atoms with E-state index in [1.807, 2.05) is 0 Å². The lowest BCUT2D eigenvalue weighted by Gasteiger charge is -2.32. The topological polar surface area (TPSA) is 63.7 Å². The summed E-state index contributed by atoms with van der Waals surface area (Å²) < 4.78 is 32.5. The summed E-state index contributed by atoms with van der Waals surface area (Å²) in [4.78, 5) is 12.3. The SMILES string of the molecule is COC(=O)C1CC2CCCCC2N1S(=O)(=O)c1ccc(Cl)cc1. The first-order chi connectivity index (χ1) is 10.9. The van der Waals surface area contributed by atoms with Crippen LogP contribution in [-0.2, 0) is 19.6 Å². The highest BCUT2D eigenvalue weighted by molar-refractivity contribution is 7.89. The predicted molar refractivity (Wildman–Crippen MR) is 86.6 cm³/mol. The quantitative estimate of drug-likeness (QED) is 0.780. The molecule has 5 nitrogen and oxygen atoms in total. The van der Waals surface area contributed by atoms with Crippen LogP contribution in [-0.4, -0.2) is 37.9 Å². The molecule has 126 valence electrons. The molecule has 1 aromatic carbocycles. The van der Waals surface area contributed by atoms with Crippen molar-refractivity contribution in [3.63, 3.8) is 0 Å². The van der Waals surface area contributed by atoms with Gasteiger partial charge in [-0.25, -0.2) is 8.42 Å². The van der Waals surface area contributed by atoms with Crippen molar-refractivity contribution in [2.24, 2.45) is 5.92 Å². The fraction of sp³-hybridized carbons (Fsp3) is 0.562. The molecule has 0 radical (unpaired) electrons. The molecule has 2 fully saturated rings. The monoisotopic (exact) mass is 357 g/mol. The van der Waals surface area contributed by atoms with E-state index in [4.69, 9.17) is 16.3 Å². The number of carbonyl (C=O) groups is 1. The maximum Gasteiger partial charge on any atom is 0.324 e. The Morgan fingerprint density at radius 3 is 2.52 bits per heavy atom. The molecule has 3 atom stereocenters. The van der Waals surface area contributed by atoms with Crippen molar-refractivity contribution in [2.75, 3.05) is 7.11 Å². The normalized spacial score (nSPS) is 28.3. The Hall–Kier alpha value is -1.11. The molecule has 0 amide bonds. The number of carbonyl (C=O) groups excluding carboxylic acids is 1. The van der Waals surface area contributed by atoms with E-state index in [1.54, 1.807) is 12.1 Å². The van der Waals surface area contributed by atoms with E-state index in [9.17, 15) is 13.2 Å². The summed E-state index contributed by atoms with van der Waals surface area (Å²) in [7, 11) is -2.45. The lowest BCUT2D eigenvalue weighted by molar-refractivity contribution is -0.144. The number of hydrogen-bond acceptors (Lipinski definition) is 4. The number of hydrogen-bond donors (Lipinski definition) is 0. The average molecular weight is 358 g/mol. The Bertz CT molecular complexity index is 689. The van der Waals surface area contributed by atoms with Crippen molar-refractivity contribution in [1.29, 1.82) is 0 Å². The van der Waals surface area contributed by atoms with Gasteiger partial charge >= 0.3 is 5.97 Å². The van der Waals surface area contributed by atoms with Crippen LogP contribution in [0.15, 0.2) is 29.2 Å². The van der Waals surface area contributed by atoms with Crippen LogP contribution >= 0.6 is 11.6 Å². The van der Waals surface area contributed by atoms with Crippen molar-refractivity contribution in [3.8, 4) is 0 Å². The Labute approximate surface area is 141 Å². The summed E-state index contributed by atoms with van der Waals surface area (Å²) in [6.07, 6.45) is 4.38. The maximum atomic E-state index is 13.1. The molecule has 23 heavy (non-hydrogen) atoms. The van der Waals surface area contributed by atoms with Gasteiger partial charge in [0.15, 0.2) is 0 Å². The van der Waals surface area contributed by atoms with Crippen molar-refractivity contribution in [1.82, 2.24) is 4.31 Å². The number of nitrogens with zero attached hydrogens (tertiary/aromatic N) is 1. The molecule has 1 aliphatic carbocycles. The third-order valence-corrected chi connectivity index (χ3v) is 7.09. The van der Waals surface area contributed by atoms with Crippen LogP contribution in [0, 0.1) is 5.92 Å². The van der Waals surface area contributed by atoms with Gasteiger partial charge < -0.3 is 4.74 Å². The van der Waals surface area contributed by atoms with E-state index < -0.39 is 22.0 Å². The average Bonchev–Trinajstić information content (AvgIpc) is 2.94. The zero-order valence-corrected chi connectivity index (χ0v) is 14.5. The minimum absolute atomic E-state index is 0.117. The molecule has 0 spiro atoms. The molecular weight excluding hydrogens is 338 g/mol. The molecule has 0 aromatic heterocycles. The van der Waals surface area contributed by atoms with E-state index in [1.165, 1.54) is 23.5 Å². The fourth-order valence-electron chi connectivity index (χ4n) is 3.83. The number of esters is 1. The maximum absolute atomic E-state index is 13.1. The summed E-state index contributed by atoms with van der Waals surface area (Å²) in [5, 5.41) is 0.477. The van der Waals surface area contributed by atoms with E-state index in [0.29, 0.717) is 11.4 Å². The lowest BCUT2D eigenvalue weighted by Crippen LogP contribution is -2.46. The first-order valence-electron chi connectivity index (χ1n) is 7.82. The second-order valence-corrected chi connectivity index (χ2v) is 8.46. The molecule has 2 aliphatic rings.